The first-order valence-corrected chi connectivity index (χ1v) is 7.48. The molecule has 0 radical (unpaired) electrons. The van der Waals surface area contributed by atoms with Gasteiger partial charge in [0.2, 0.25) is 0 Å². The molecule has 0 aliphatic rings. The SMILES string of the molecule is Cc1ccccc1OCC(=O)OCC(=O)c1cccc(Br)c1. The molecular formula is C17H15BrO4. The van der Waals surface area contributed by atoms with Crippen molar-refractivity contribution in [3.05, 3.63) is 64.1 Å². The van der Waals surface area contributed by atoms with E-state index in [1.165, 1.54) is 0 Å². The molecule has 0 aliphatic carbocycles. The van der Waals surface area contributed by atoms with E-state index in [1.807, 2.05) is 31.2 Å². The van der Waals surface area contributed by atoms with Gasteiger partial charge in [-0.2, -0.15) is 0 Å². The van der Waals surface area contributed by atoms with Crippen molar-refractivity contribution in [1.82, 2.24) is 0 Å². The second-order valence-corrected chi connectivity index (χ2v) is 5.56. The van der Waals surface area contributed by atoms with Gasteiger partial charge in [-0.1, -0.05) is 46.3 Å². The largest absolute Gasteiger partial charge is 0.482 e. The molecule has 0 unspecified atom stereocenters. The Morgan fingerprint density at radius 3 is 2.55 bits per heavy atom. The lowest BCUT2D eigenvalue weighted by Gasteiger charge is -2.08. The van der Waals surface area contributed by atoms with Gasteiger partial charge in [0.1, 0.15) is 5.75 Å². The molecule has 0 atom stereocenters. The molecule has 22 heavy (non-hydrogen) atoms. The van der Waals surface area contributed by atoms with Crippen molar-refractivity contribution in [2.24, 2.45) is 0 Å². The number of ether oxygens (including phenoxy) is 2. The first kappa shape index (κ1) is 16.2. The van der Waals surface area contributed by atoms with Gasteiger partial charge in [0, 0.05) is 10.0 Å². The van der Waals surface area contributed by atoms with E-state index < -0.39 is 5.97 Å². The Morgan fingerprint density at radius 1 is 1.05 bits per heavy atom. The van der Waals surface area contributed by atoms with Crippen molar-refractivity contribution >= 4 is 27.7 Å². The van der Waals surface area contributed by atoms with Gasteiger partial charge >= 0.3 is 5.97 Å². The van der Waals surface area contributed by atoms with Crippen LogP contribution in [0.25, 0.3) is 0 Å². The van der Waals surface area contributed by atoms with Crippen LogP contribution in [0.3, 0.4) is 0 Å². The quantitative estimate of drug-likeness (QED) is 0.582. The molecule has 0 saturated heterocycles. The fourth-order valence-corrected chi connectivity index (χ4v) is 2.19. The highest BCUT2D eigenvalue weighted by molar-refractivity contribution is 9.10. The number of halogens is 1. The van der Waals surface area contributed by atoms with Gasteiger partial charge in [0.05, 0.1) is 0 Å². The molecule has 0 bridgehead atoms. The number of para-hydroxylation sites is 1. The van der Waals surface area contributed by atoms with Crippen LogP contribution >= 0.6 is 15.9 Å². The maximum absolute atomic E-state index is 11.9. The number of Topliss-reactive ketones (excluding diaryl/α,β-unsaturated/α-hetero) is 1. The standard InChI is InChI=1S/C17H15BrO4/c1-12-5-2-3-8-16(12)21-11-17(20)22-10-15(19)13-6-4-7-14(18)9-13/h2-9H,10-11H2,1H3. The fraction of sp³-hybridized carbons (Fsp3) is 0.176. The zero-order valence-electron chi connectivity index (χ0n) is 12.0. The van der Waals surface area contributed by atoms with Crippen LogP contribution in [0, 0.1) is 6.92 Å². The van der Waals surface area contributed by atoms with Gasteiger partial charge < -0.3 is 9.47 Å². The van der Waals surface area contributed by atoms with E-state index in [2.05, 4.69) is 15.9 Å². The van der Waals surface area contributed by atoms with Crippen molar-refractivity contribution in [3.63, 3.8) is 0 Å². The first-order valence-electron chi connectivity index (χ1n) is 6.69. The highest BCUT2D eigenvalue weighted by atomic mass is 79.9. The Hall–Kier alpha value is -2.14. The summed E-state index contributed by atoms with van der Waals surface area (Å²) in [4.78, 5) is 23.5. The van der Waals surface area contributed by atoms with Crippen LogP contribution in [0.1, 0.15) is 15.9 Å². The van der Waals surface area contributed by atoms with Crippen LogP contribution in [-0.4, -0.2) is 25.0 Å². The summed E-state index contributed by atoms with van der Waals surface area (Å²) in [6, 6.07) is 14.3. The molecule has 0 aliphatic heterocycles. The summed E-state index contributed by atoms with van der Waals surface area (Å²) in [6.45, 7) is 1.36. The molecule has 2 aromatic rings. The number of aryl methyl sites for hydroxylation is 1. The molecule has 0 saturated carbocycles. The molecule has 0 fully saturated rings. The highest BCUT2D eigenvalue weighted by Crippen LogP contribution is 2.16. The second-order valence-electron chi connectivity index (χ2n) is 4.65. The van der Waals surface area contributed by atoms with Gasteiger partial charge in [0.15, 0.2) is 19.0 Å². The Labute approximate surface area is 137 Å². The van der Waals surface area contributed by atoms with Crippen LogP contribution in [0.2, 0.25) is 0 Å². The number of esters is 1. The summed E-state index contributed by atoms with van der Waals surface area (Å²) in [5.74, 6) is -0.213. The van der Waals surface area contributed by atoms with Gasteiger partial charge in [-0.15, -0.1) is 0 Å². The molecule has 0 aromatic heterocycles. The number of carbonyl (C=O) groups is 2. The first-order chi connectivity index (χ1) is 10.6. The summed E-state index contributed by atoms with van der Waals surface area (Å²) >= 11 is 3.29. The third kappa shape index (κ3) is 4.70. The minimum Gasteiger partial charge on any atom is -0.482 e. The molecule has 5 heteroatoms. The summed E-state index contributed by atoms with van der Waals surface area (Å²) in [7, 11) is 0. The Balaban J connectivity index is 1.81. The van der Waals surface area contributed by atoms with E-state index in [-0.39, 0.29) is 19.0 Å². The monoisotopic (exact) mass is 362 g/mol. The van der Waals surface area contributed by atoms with E-state index in [0.29, 0.717) is 11.3 Å². The van der Waals surface area contributed by atoms with Gasteiger partial charge in [-0.3, -0.25) is 4.79 Å². The molecular weight excluding hydrogens is 348 g/mol. The second kappa shape index (κ2) is 7.75. The van der Waals surface area contributed by atoms with E-state index in [0.717, 1.165) is 10.0 Å². The molecule has 2 aromatic carbocycles. The van der Waals surface area contributed by atoms with E-state index in [1.54, 1.807) is 24.3 Å². The number of rotatable bonds is 6. The maximum atomic E-state index is 11.9. The van der Waals surface area contributed by atoms with Crippen LogP contribution in [-0.2, 0) is 9.53 Å². The number of carbonyl (C=O) groups excluding carboxylic acids is 2. The Bertz CT molecular complexity index is 682. The van der Waals surface area contributed by atoms with Crippen LogP contribution in [0.5, 0.6) is 5.75 Å². The molecule has 0 N–H and O–H groups in total. The summed E-state index contributed by atoms with van der Waals surface area (Å²) in [5.41, 5.74) is 1.42. The number of benzene rings is 2. The van der Waals surface area contributed by atoms with Crippen molar-refractivity contribution in [2.45, 2.75) is 6.92 Å². The minimum absolute atomic E-state index is 0.226. The Kier molecular flexibility index (Phi) is 5.72. The van der Waals surface area contributed by atoms with E-state index in [9.17, 15) is 9.59 Å². The van der Waals surface area contributed by atoms with Crippen molar-refractivity contribution in [2.75, 3.05) is 13.2 Å². The lowest BCUT2D eigenvalue weighted by atomic mass is 10.1. The smallest absolute Gasteiger partial charge is 0.344 e. The predicted molar refractivity (Wildman–Crippen MR) is 86.1 cm³/mol. The van der Waals surface area contributed by atoms with Crippen LogP contribution < -0.4 is 4.74 Å². The van der Waals surface area contributed by atoms with Crippen molar-refractivity contribution in [1.29, 1.82) is 0 Å². The van der Waals surface area contributed by atoms with Crippen LogP contribution in [0.15, 0.2) is 53.0 Å². The van der Waals surface area contributed by atoms with Gasteiger partial charge in [-0.25, -0.2) is 4.79 Å². The summed E-state index contributed by atoms with van der Waals surface area (Å²) in [6.07, 6.45) is 0. The molecule has 0 spiro atoms. The third-order valence-electron chi connectivity index (χ3n) is 2.95. The number of hydrogen-bond acceptors (Lipinski definition) is 4. The Morgan fingerprint density at radius 2 is 1.82 bits per heavy atom. The maximum Gasteiger partial charge on any atom is 0.344 e. The normalized spacial score (nSPS) is 10.1. The average Bonchev–Trinajstić information content (AvgIpc) is 2.52. The lowest BCUT2D eigenvalue weighted by Crippen LogP contribution is -2.19. The lowest BCUT2D eigenvalue weighted by molar-refractivity contribution is -0.144. The predicted octanol–water partition coefficient (Wildman–Crippen LogP) is 3.56. The zero-order chi connectivity index (χ0) is 15.9. The van der Waals surface area contributed by atoms with Crippen molar-refractivity contribution < 1.29 is 19.1 Å². The van der Waals surface area contributed by atoms with Gasteiger partial charge in [0.25, 0.3) is 0 Å². The average molecular weight is 363 g/mol. The summed E-state index contributed by atoms with van der Waals surface area (Å²) < 4.78 is 11.1. The number of hydrogen-bond donors (Lipinski definition) is 0. The van der Waals surface area contributed by atoms with Gasteiger partial charge in [-0.05, 0) is 30.7 Å². The molecule has 0 amide bonds. The molecule has 2 rings (SSSR count). The minimum atomic E-state index is -0.577. The van der Waals surface area contributed by atoms with E-state index >= 15 is 0 Å². The van der Waals surface area contributed by atoms with Crippen molar-refractivity contribution in [3.8, 4) is 5.75 Å². The number of ketones is 1. The topological polar surface area (TPSA) is 52.6 Å². The van der Waals surface area contributed by atoms with Crippen LogP contribution in [0.4, 0.5) is 0 Å². The van der Waals surface area contributed by atoms with E-state index in [4.69, 9.17) is 9.47 Å². The summed E-state index contributed by atoms with van der Waals surface area (Å²) in [5, 5.41) is 0. The molecule has 114 valence electrons. The fourth-order valence-electron chi connectivity index (χ4n) is 1.79. The zero-order valence-corrected chi connectivity index (χ0v) is 13.6. The molecule has 4 nitrogen and oxygen atoms in total. The molecule has 0 heterocycles. The third-order valence-corrected chi connectivity index (χ3v) is 3.44. The highest BCUT2D eigenvalue weighted by Gasteiger charge is 2.11.